The average Bonchev–Trinajstić information content (AvgIpc) is 2.88. The van der Waals surface area contributed by atoms with Crippen LogP contribution in [0.15, 0.2) is 30.6 Å². The van der Waals surface area contributed by atoms with Crippen molar-refractivity contribution in [1.82, 2.24) is 20.1 Å². The molecule has 0 aliphatic carbocycles. The summed E-state index contributed by atoms with van der Waals surface area (Å²) in [6.45, 7) is 5.06. The van der Waals surface area contributed by atoms with Gasteiger partial charge in [0, 0.05) is 24.6 Å². The molecule has 1 aromatic carbocycles. The van der Waals surface area contributed by atoms with Crippen LogP contribution in [0.3, 0.4) is 0 Å². The molecule has 0 radical (unpaired) electrons. The first-order valence-corrected chi connectivity index (χ1v) is 6.98. The number of aromatic nitrogens is 3. The number of ether oxygens (including phenoxy) is 1. The molecule has 3 atom stereocenters. The normalized spacial score (nSPS) is 22.9. The molecule has 0 amide bonds. The summed E-state index contributed by atoms with van der Waals surface area (Å²) >= 11 is 0. The summed E-state index contributed by atoms with van der Waals surface area (Å²) in [7, 11) is 1.97. The van der Waals surface area contributed by atoms with Gasteiger partial charge in [-0.05, 0) is 13.0 Å². The summed E-state index contributed by atoms with van der Waals surface area (Å²) in [4.78, 5) is 0. The van der Waals surface area contributed by atoms with E-state index in [1.54, 1.807) is 6.33 Å². The monoisotopic (exact) mass is 272 g/mol. The zero-order chi connectivity index (χ0) is 14.1. The minimum absolute atomic E-state index is 0.140. The van der Waals surface area contributed by atoms with Gasteiger partial charge in [-0.3, -0.25) is 0 Å². The van der Waals surface area contributed by atoms with Crippen LogP contribution >= 0.6 is 0 Å². The molecular formula is C15H20N4O. The SMILES string of the molecule is CC(NC1c2ccccc2OCC1C)c1nncn1C. The Kier molecular flexibility index (Phi) is 3.44. The molecule has 3 rings (SSSR count). The van der Waals surface area contributed by atoms with Crippen LogP contribution in [0.1, 0.15) is 37.3 Å². The molecule has 3 unspecified atom stereocenters. The molecule has 2 aromatic rings. The zero-order valence-corrected chi connectivity index (χ0v) is 12.1. The number of nitrogens with one attached hydrogen (secondary N) is 1. The van der Waals surface area contributed by atoms with E-state index >= 15 is 0 Å². The van der Waals surface area contributed by atoms with Crippen LogP contribution in [0.4, 0.5) is 0 Å². The second-order valence-electron chi connectivity index (χ2n) is 5.49. The van der Waals surface area contributed by atoms with Crippen molar-refractivity contribution in [3.63, 3.8) is 0 Å². The number of hydrogen-bond donors (Lipinski definition) is 1. The van der Waals surface area contributed by atoms with Crippen LogP contribution in [0.2, 0.25) is 0 Å². The van der Waals surface area contributed by atoms with Crippen molar-refractivity contribution in [1.29, 1.82) is 0 Å². The quantitative estimate of drug-likeness (QED) is 0.931. The first kappa shape index (κ1) is 13.1. The van der Waals surface area contributed by atoms with Gasteiger partial charge in [0.15, 0.2) is 0 Å². The highest BCUT2D eigenvalue weighted by Crippen LogP contribution is 2.36. The Bertz CT molecular complexity index is 595. The fourth-order valence-corrected chi connectivity index (χ4v) is 2.77. The van der Waals surface area contributed by atoms with Crippen molar-refractivity contribution in [3.05, 3.63) is 42.0 Å². The van der Waals surface area contributed by atoms with E-state index in [4.69, 9.17) is 4.74 Å². The smallest absolute Gasteiger partial charge is 0.149 e. The van der Waals surface area contributed by atoms with Gasteiger partial charge in [-0.15, -0.1) is 10.2 Å². The molecule has 1 aliphatic heterocycles. The van der Waals surface area contributed by atoms with Crippen molar-refractivity contribution in [2.45, 2.75) is 25.9 Å². The van der Waals surface area contributed by atoms with Gasteiger partial charge in [-0.25, -0.2) is 0 Å². The van der Waals surface area contributed by atoms with E-state index in [1.165, 1.54) is 5.56 Å². The maximum atomic E-state index is 5.79. The fraction of sp³-hybridized carbons (Fsp3) is 0.467. The van der Waals surface area contributed by atoms with E-state index in [9.17, 15) is 0 Å². The van der Waals surface area contributed by atoms with Crippen LogP contribution in [0.25, 0.3) is 0 Å². The molecule has 5 heteroatoms. The molecule has 106 valence electrons. The van der Waals surface area contributed by atoms with Crippen LogP contribution in [0.5, 0.6) is 5.75 Å². The van der Waals surface area contributed by atoms with Crippen molar-refractivity contribution in [3.8, 4) is 5.75 Å². The van der Waals surface area contributed by atoms with Crippen molar-refractivity contribution in [2.24, 2.45) is 13.0 Å². The largest absolute Gasteiger partial charge is 0.493 e. The highest BCUT2D eigenvalue weighted by Gasteiger charge is 2.29. The van der Waals surface area contributed by atoms with Crippen LogP contribution in [0, 0.1) is 5.92 Å². The third-order valence-electron chi connectivity index (χ3n) is 3.89. The minimum Gasteiger partial charge on any atom is -0.493 e. The van der Waals surface area contributed by atoms with E-state index in [-0.39, 0.29) is 12.1 Å². The molecule has 2 heterocycles. The Morgan fingerprint density at radius 2 is 2.20 bits per heavy atom. The number of benzene rings is 1. The molecule has 0 bridgehead atoms. The maximum absolute atomic E-state index is 5.79. The van der Waals surface area contributed by atoms with Crippen LogP contribution in [-0.4, -0.2) is 21.4 Å². The predicted molar refractivity (Wildman–Crippen MR) is 76.4 cm³/mol. The third-order valence-corrected chi connectivity index (χ3v) is 3.89. The highest BCUT2D eigenvalue weighted by molar-refractivity contribution is 5.38. The Balaban J connectivity index is 1.85. The molecule has 1 N–H and O–H groups in total. The topological polar surface area (TPSA) is 52.0 Å². The zero-order valence-electron chi connectivity index (χ0n) is 12.1. The first-order chi connectivity index (χ1) is 9.66. The Hall–Kier alpha value is -1.88. The van der Waals surface area contributed by atoms with Gasteiger partial charge < -0.3 is 14.6 Å². The minimum atomic E-state index is 0.140. The lowest BCUT2D eigenvalue weighted by Gasteiger charge is -2.34. The average molecular weight is 272 g/mol. The molecule has 5 nitrogen and oxygen atoms in total. The maximum Gasteiger partial charge on any atom is 0.149 e. The molecule has 1 aromatic heterocycles. The molecule has 0 fully saturated rings. The molecule has 0 saturated heterocycles. The summed E-state index contributed by atoms with van der Waals surface area (Å²) in [6.07, 6.45) is 1.73. The summed E-state index contributed by atoms with van der Waals surface area (Å²) < 4.78 is 7.74. The Labute approximate surface area is 119 Å². The summed E-state index contributed by atoms with van der Waals surface area (Å²) in [5.74, 6) is 2.34. The lowest BCUT2D eigenvalue weighted by Crippen LogP contribution is -2.36. The Morgan fingerprint density at radius 1 is 1.40 bits per heavy atom. The number of nitrogens with zero attached hydrogens (tertiary/aromatic N) is 3. The van der Waals surface area contributed by atoms with Gasteiger partial charge in [0.05, 0.1) is 12.6 Å². The van der Waals surface area contributed by atoms with Crippen LogP contribution < -0.4 is 10.1 Å². The van der Waals surface area contributed by atoms with Gasteiger partial charge in [0.25, 0.3) is 0 Å². The molecule has 0 spiro atoms. The van der Waals surface area contributed by atoms with E-state index < -0.39 is 0 Å². The first-order valence-electron chi connectivity index (χ1n) is 6.98. The lowest BCUT2D eigenvalue weighted by molar-refractivity contribution is 0.180. The Morgan fingerprint density at radius 3 is 2.95 bits per heavy atom. The van der Waals surface area contributed by atoms with E-state index in [0.29, 0.717) is 5.92 Å². The fourth-order valence-electron chi connectivity index (χ4n) is 2.77. The van der Waals surface area contributed by atoms with E-state index in [2.05, 4.69) is 41.5 Å². The van der Waals surface area contributed by atoms with Crippen molar-refractivity contribution < 1.29 is 4.74 Å². The predicted octanol–water partition coefficient (Wildman–Crippen LogP) is 2.24. The van der Waals surface area contributed by atoms with Gasteiger partial charge in [0.1, 0.15) is 17.9 Å². The second-order valence-corrected chi connectivity index (χ2v) is 5.49. The molecule has 0 saturated carbocycles. The van der Waals surface area contributed by atoms with E-state index in [0.717, 1.165) is 18.2 Å². The van der Waals surface area contributed by atoms with Gasteiger partial charge in [-0.2, -0.15) is 0 Å². The summed E-state index contributed by atoms with van der Waals surface area (Å²) in [5.41, 5.74) is 1.22. The number of fused-ring (bicyclic) bond motifs is 1. The van der Waals surface area contributed by atoms with Gasteiger partial charge in [0.2, 0.25) is 0 Å². The van der Waals surface area contributed by atoms with E-state index in [1.807, 2.05) is 23.7 Å². The number of aryl methyl sites for hydroxylation is 1. The van der Waals surface area contributed by atoms with Crippen LogP contribution in [-0.2, 0) is 7.05 Å². The number of para-hydroxylation sites is 1. The molecule has 1 aliphatic rings. The van der Waals surface area contributed by atoms with Crippen molar-refractivity contribution in [2.75, 3.05) is 6.61 Å². The third kappa shape index (κ3) is 2.29. The lowest BCUT2D eigenvalue weighted by atomic mass is 9.91. The summed E-state index contributed by atoms with van der Waals surface area (Å²) in [5, 5.41) is 11.8. The number of rotatable bonds is 3. The highest BCUT2D eigenvalue weighted by atomic mass is 16.5. The molecular weight excluding hydrogens is 252 g/mol. The van der Waals surface area contributed by atoms with Gasteiger partial charge in [-0.1, -0.05) is 25.1 Å². The van der Waals surface area contributed by atoms with Gasteiger partial charge >= 0.3 is 0 Å². The number of hydrogen-bond acceptors (Lipinski definition) is 4. The molecule has 20 heavy (non-hydrogen) atoms. The van der Waals surface area contributed by atoms with Crippen molar-refractivity contribution >= 4 is 0 Å². The standard InChI is InChI=1S/C15H20N4O/c1-10-8-20-13-7-5-4-6-12(13)14(10)17-11(2)15-18-16-9-19(15)3/h4-7,9-11,14,17H,8H2,1-3H3. The second kappa shape index (κ2) is 5.25. The summed E-state index contributed by atoms with van der Waals surface area (Å²) in [6, 6.07) is 8.64.